The molecule has 0 fully saturated rings. The zero-order valence-electron chi connectivity index (χ0n) is 10.5. The molecule has 1 N–H and O–H groups in total. The highest BCUT2D eigenvalue weighted by molar-refractivity contribution is 5.66. The minimum atomic E-state index is -0.989. The van der Waals surface area contributed by atoms with Gasteiger partial charge in [-0.15, -0.1) is 10.2 Å². The number of aliphatic carboxylic acids is 1. The van der Waals surface area contributed by atoms with Crippen LogP contribution in [-0.2, 0) is 24.2 Å². The van der Waals surface area contributed by atoms with Crippen molar-refractivity contribution >= 4 is 5.97 Å². The highest BCUT2D eigenvalue weighted by Gasteiger charge is 2.06. The van der Waals surface area contributed by atoms with E-state index in [4.69, 9.17) is 9.84 Å². The fraction of sp³-hybridized carbons (Fsp3) is 0.333. The number of hydrogen-bond acceptors (Lipinski definition) is 5. The molecule has 0 unspecified atom stereocenters. The molecule has 2 rings (SSSR count). The van der Waals surface area contributed by atoms with Crippen LogP contribution in [0.4, 0.5) is 0 Å². The molecule has 0 bridgehead atoms. The van der Waals surface area contributed by atoms with E-state index in [0.29, 0.717) is 12.2 Å². The molecule has 0 aliphatic heterocycles. The first-order valence-corrected chi connectivity index (χ1v) is 5.79. The van der Waals surface area contributed by atoms with Gasteiger partial charge in [-0.1, -0.05) is 12.1 Å². The maximum absolute atomic E-state index is 10.5. The lowest BCUT2D eigenvalue weighted by Crippen LogP contribution is -2.11. The number of methoxy groups -OCH3 is 1. The van der Waals surface area contributed by atoms with Gasteiger partial charge in [0, 0.05) is 6.42 Å². The molecule has 1 aromatic carbocycles. The number of nitrogens with zero attached hydrogens (tertiary/aromatic N) is 4. The van der Waals surface area contributed by atoms with Gasteiger partial charge in [-0.25, -0.2) is 0 Å². The van der Waals surface area contributed by atoms with Gasteiger partial charge in [0.15, 0.2) is 12.4 Å². The van der Waals surface area contributed by atoms with Crippen LogP contribution >= 0.6 is 0 Å². The smallest absolute Gasteiger partial charge is 0.327 e. The quantitative estimate of drug-likeness (QED) is 0.817. The van der Waals surface area contributed by atoms with Crippen molar-refractivity contribution in [3.8, 4) is 5.75 Å². The van der Waals surface area contributed by atoms with E-state index in [1.165, 1.54) is 0 Å². The molecule has 0 amide bonds. The summed E-state index contributed by atoms with van der Waals surface area (Å²) in [6.07, 6.45) is 1.35. The van der Waals surface area contributed by atoms with Crippen LogP contribution in [0.25, 0.3) is 0 Å². The van der Waals surface area contributed by atoms with Crippen molar-refractivity contribution in [1.82, 2.24) is 20.2 Å². The molecule has 0 radical (unpaired) electrons. The van der Waals surface area contributed by atoms with E-state index in [1.54, 1.807) is 7.11 Å². The van der Waals surface area contributed by atoms with Crippen LogP contribution in [-0.4, -0.2) is 38.4 Å². The molecule has 7 nitrogen and oxygen atoms in total. The summed E-state index contributed by atoms with van der Waals surface area (Å²) in [5.74, 6) is 0.348. The summed E-state index contributed by atoms with van der Waals surface area (Å²) in [4.78, 5) is 11.6. The lowest BCUT2D eigenvalue weighted by Gasteiger charge is -2.02. The summed E-state index contributed by atoms with van der Waals surface area (Å²) in [7, 11) is 1.62. The first-order valence-electron chi connectivity index (χ1n) is 5.79. The number of carboxylic acids is 1. The third-order valence-corrected chi connectivity index (χ3v) is 2.54. The zero-order chi connectivity index (χ0) is 13.7. The number of hydrogen-bond donors (Lipinski definition) is 1. The van der Waals surface area contributed by atoms with Crippen LogP contribution in [0.3, 0.4) is 0 Å². The van der Waals surface area contributed by atoms with E-state index < -0.39 is 5.97 Å². The van der Waals surface area contributed by atoms with E-state index in [2.05, 4.69) is 15.4 Å². The third-order valence-electron chi connectivity index (χ3n) is 2.54. The van der Waals surface area contributed by atoms with Crippen molar-refractivity contribution in [2.45, 2.75) is 19.4 Å². The van der Waals surface area contributed by atoms with Crippen molar-refractivity contribution in [3.63, 3.8) is 0 Å². The maximum Gasteiger partial charge on any atom is 0.327 e. The second-order valence-corrected chi connectivity index (χ2v) is 3.98. The monoisotopic (exact) mass is 262 g/mol. The second-order valence-electron chi connectivity index (χ2n) is 3.98. The van der Waals surface area contributed by atoms with Crippen LogP contribution in [0.2, 0.25) is 0 Å². The van der Waals surface area contributed by atoms with Crippen molar-refractivity contribution < 1.29 is 14.6 Å². The van der Waals surface area contributed by atoms with Crippen LogP contribution in [0.1, 0.15) is 11.4 Å². The Bertz CT molecular complexity index is 568. The number of tetrazole rings is 1. The Labute approximate surface area is 109 Å². The third kappa shape index (κ3) is 3.77. The number of rotatable bonds is 6. The second kappa shape index (κ2) is 5.94. The van der Waals surface area contributed by atoms with Crippen LogP contribution in [0.5, 0.6) is 5.75 Å². The van der Waals surface area contributed by atoms with Gasteiger partial charge >= 0.3 is 5.97 Å². The van der Waals surface area contributed by atoms with Crippen molar-refractivity contribution in [3.05, 3.63) is 35.7 Å². The summed E-state index contributed by atoms with van der Waals surface area (Å²) < 4.78 is 5.14. The van der Waals surface area contributed by atoms with Crippen LogP contribution in [0.15, 0.2) is 24.3 Å². The molecule has 0 aliphatic rings. The Morgan fingerprint density at radius 2 is 2.26 bits per heavy atom. The molecule has 1 heterocycles. The molecular weight excluding hydrogens is 248 g/mol. The lowest BCUT2D eigenvalue weighted by molar-refractivity contribution is -0.138. The van der Waals surface area contributed by atoms with Crippen molar-refractivity contribution in [2.24, 2.45) is 0 Å². The van der Waals surface area contributed by atoms with Gasteiger partial charge in [0.2, 0.25) is 0 Å². The minimum Gasteiger partial charge on any atom is -0.497 e. The first kappa shape index (κ1) is 13.0. The highest BCUT2D eigenvalue weighted by atomic mass is 16.5. The molecule has 7 heteroatoms. The Morgan fingerprint density at radius 3 is 3.00 bits per heavy atom. The Kier molecular flexibility index (Phi) is 4.07. The first-order chi connectivity index (χ1) is 9.17. The number of aromatic nitrogens is 4. The minimum absolute atomic E-state index is 0.272. The molecule has 0 aliphatic carbocycles. The van der Waals surface area contributed by atoms with Gasteiger partial charge < -0.3 is 9.84 Å². The fourth-order valence-corrected chi connectivity index (χ4v) is 1.65. The van der Waals surface area contributed by atoms with Gasteiger partial charge in [0.1, 0.15) is 5.75 Å². The predicted octanol–water partition coefficient (Wildman–Crippen LogP) is 0.551. The molecule has 0 spiro atoms. The molecule has 100 valence electrons. The van der Waals surface area contributed by atoms with E-state index in [0.717, 1.165) is 22.5 Å². The molecule has 0 saturated carbocycles. The number of benzene rings is 1. The topological polar surface area (TPSA) is 90.1 Å². The standard InChI is InChI=1S/C12H14N4O3/c1-19-10-4-2-3-9(7-10)5-6-11-13-15-16(14-11)8-12(17)18/h2-4,7H,5-6,8H2,1H3,(H,17,18). The predicted molar refractivity (Wildman–Crippen MR) is 65.9 cm³/mol. The average Bonchev–Trinajstić information content (AvgIpc) is 2.83. The van der Waals surface area contributed by atoms with Crippen molar-refractivity contribution in [2.75, 3.05) is 7.11 Å². The van der Waals surface area contributed by atoms with Gasteiger partial charge in [0.05, 0.1) is 7.11 Å². The molecule has 2 aromatic rings. The van der Waals surface area contributed by atoms with Gasteiger partial charge in [-0.2, -0.15) is 4.80 Å². The summed E-state index contributed by atoms with van der Waals surface area (Å²) in [6.45, 7) is -0.272. The normalized spacial score (nSPS) is 10.4. The van der Waals surface area contributed by atoms with E-state index in [1.807, 2.05) is 24.3 Å². The number of carbonyl (C=O) groups is 1. The van der Waals surface area contributed by atoms with Gasteiger partial charge in [-0.05, 0) is 29.3 Å². The fourth-order valence-electron chi connectivity index (χ4n) is 1.65. The average molecular weight is 262 g/mol. The summed E-state index contributed by atoms with van der Waals surface area (Å²) in [5.41, 5.74) is 1.11. The highest BCUT2D eigenvalue weighted by Crippen LogP contribution is 2.13. The summed E-state index contributed by atoms with van der Waals surface area (Å²) in [5, 5.41) is 20.1. The number of aryl methyl sites for hydroxylation is 2. The van der Waals surface area contributed by atoms with E-state index in [-0.39, 0.29) is 6.54 Å². The molecule has 19 heavy (non-hydrogen) atoms. The van der Waals surface area contributed by atoms with Gasteiger partial charge in [-0.3, -0.25) is 4.79 Å². The van der Waals surface area contributed by atoms with E-state index >= 15 is 0 Å². The number of ether oxygens (including phenoxy) is 1. The molecule has 0 saturated heterocycles. The molecule has 0 atom stereocenters. The summed E-state index contributed by atoms with van der Waals surface area (Å²) >= 11 is 0. The Morgan fingerprint density at radius 1 is 1.42 bits per heavy atom. The van der Waals surface area contributed by atoms with Crippen molar-refractivity contribution in [1.29, 1.82) is 0 Å². The Hall–Kier alpha value is -2.44. The van der Waals surface area contributed by atoms with E-state index in [9.17, 15) is 4.79 Å². The lowest BCUT2D eigenvalue weighted by atomic mass is 10.1. The zero-order valence-corrected chi connectivity index (χ0v) is 10.5. The van der Waals surface area contributed by atoms with Crippen LogP contribution in [0, 0.1) is 0 Å². The van der Waals surface area contributed by atoms with Crippen LogP contribution < -0.4 is 4.74 Å². The largest absolute Gasteiger partial charge is 0.497 e. The SMILES string of the molecule is COc1cccc(CCc2nnn(CC(=O)O)n2)c1. The number of carboxylic acid groups (broad SMARTS) is 1. The molecular formula is C12H14N4O3. The van der Waals surface area contributed by atoms with Gasteiger partial charge in [0.25, 0.3) is 0 Å². The Balaban J connectivity index is 1.94. The maximum atomic E-state index is 10.5. The summed E-state index contributed by atoms with van der Waals surface area (Å²) in [6, 6.07) is 7.74. The molecule has 1 aromatic heterocycles.